The number of allylic oxidation sites excluding steroid dienone is 1. The molecule has 1 aliphatic rings. The number of urea groups is 1. The van der Waals surface area contributed by atoms with Gasteiger partial charge in [0, 0.05) is 11.4 Å². The fourth-order valence-corrected chi connectivity index (χ4v) is 3.04. The second kappa shape index (κ2) is 7.86. The van der Waals surface area contributed by atoms with Crippen molar-refractivity contribution in [1.29, 1.82) is 0 Å². The van der Waals surface area contributed by atoms with Crippen LogP contribution in [0.1, 0.15) is 24.1 Å². The molecule has 3 rings (SSSR count). The van der Waals surface area contributed by atoms with Gasteiger partial charge >= 0.3 is 12.2 Å². The highest BCUT2D eigenvalue weighted by molar-refractivity contribution is 6.06. The summed E-state index contributed by atoms with van der Waals surface area (Å²) in [6, 6.07) is 9.84. The van der Waals surface area contributed by atoms with E-state index in [2.05, 4.69) is 16.0 Å². The molecule has 6 nitrogen and oxygen atoms in total. The number of carbonyl (C=O) groups excluding carboxylic acids is 2. The smallest absolute Gasteiger partial charge is 0.416 e. The number of rotatable bonds is 4. The lowest BCUT2D eigenvalue weighted by molar-refractivity contribution is -0.137. The van der Waals surface area contributed by atoms with Crippen LogP contribution in [0.15, 0.2) is 59.8 Å². The molecule has 0 spiro atoms. The molecule has 0 saturated carbocycles. The van der Waals surface area contributed by atoms with E-state index in [4.69, 9.17) is 4.74 Å². The number of hydrogen-bond donors (Lipinski definition) is 3. The molecule has 3 N–H and O–H groups in total. The maximum absolute atomic E-state index is 12.9. The Morgan fingerprint density at radius 1 is 1.14 bits per heavy atom. The Morgan fingerprint density at radius 2 is 1.86 bits per heavy atom. The Morgan fingerprint density at radius 3 is 2.55 bits per heavy atom. The highest BCUT2D eigenvalue weighted by Gasteiger charge is 2.33. The number of amides is 3. The maximum atomic E-state index is 12.9. The number of hydrogen-bond acceptors (Lipinski definition) is 3. The van der Waals surface area contributed by atoms with Gasteiger partial charge in [0.15, 0.2) is 0 Å². The highest BCUT2D eigenvalue weighted by Crippen LogP contribution is 2.32. The Kier molecular flexibility index (Phi) is 5.49. The Balaban J connectivity index is 1.94. The zero-order valence-corrected chi connectivity index (χ0v) is 15.6. The summed E-state index contributed by atoms with van der Waals surface area (Å²) < 4.78 is 44.0. The van der Waals surface area contributed by atoms with Crippen LogP contribution in [0.2, 0.25) is 0 Å². The van der Waals surface area contributed by atoms with Crippen LogP contribution in [-0.2, 0) is 11.0 Å². The lowest BCUT2D eigenvalue weighted by Gasteiger charge is -2.29. The molecule has 0 aliphatic carbocycles. The maximum Gasteiger partial charge on any atom is 0.416 e. The van der Waals surface area contributed by atoms with E-state index in [0.717, 1.165) is 12.1 Å². The Labute approximate surface area is 164 Å². The van der Waals surface area contributed by atoms with E-state index in [9.17, 15) is 22.8 Å². The fraction of sp³-hybridized carbons (Fsp3) is 0.200. The first kappa shape index (κ1) is 20.2. The van der Waals surface area contributed by atoms with Crippen LogP contribution in [0.4, 0.5) is 23.7 Å². The van der Waals surface area contributed by atoms with E-state index in [1.807, 2.05) is 0 Å². The van der Waals surface area contributed by atoms with E-state index >= 15 is 0 Å². The topological polar surface area (TPSA) is 79.5 Å². The van der Waals surface area contributed by atoms with Gasteiger partial charge in [-0.3, -0.25) is 4.79 Å². The van der Waals surface area contributed by atoms with E-state index in [1.165, 1.54) is 19.2 Å². The number of alkyl halides is 3. The number of methoxy groups -OCH3 is 1. The molecule has 152 valence electrons. The van der Waals surface area contributed by atoms with Gasteiger partial charge in [-0.25, -0.2) is 4.79 Å². The van der Waals surface area contributed by atoms with E-state index in [0.29, 0.717) is 17.0 Å². The SMILES string of the molecule is COc1cccc([C@@H]2NC(=O)NC(C)=C2C(=O)Nc2cccc(C(F)(F)F)c2)c1. The summed E-state index contributed by atoms with van der Waals surface area (Å²) in [5.41, 5.74) is 0.181. The second-order valence-corrected chi connectivity index (χ2v) is 6.38. The molecule has 29 heavy (non-hydrogen) atoms. The first-order valence-corrected chi connectivity index (χ1v) is 8.60. The van der Waals surface area contributed by atoms with Crippen molar-refractivity contribution < 1.29 is 27.5 Å². The normalized spacial score (nSPS) is 16.7. The molecule has 0 unspecified atom stereocenters. The molecule has 2 aromatic rings. The molecule has 1 heterocycles. The standard InChI is InChI=1S/C20H18F3N3O3/c1-11-16(18(27)25-14-7-4-6-13(10-14)20(21,22)23)17(26-19(28)24-11)12-5-3-8-15(9-12)29-2/h3-10,17H,1-2H3,(H,25,27)(H2,24,26,28)/t17-/m0/s1. The molecule has 1 atom stereocenters. The third kappa shape index (κ3) is 4.50. The zero-order chi connectivity index (χ0) is 21.2. The van der Waals surface area contributed by atoms with Gasteiger partial charge in [0.1, 0.15) is 5.75 Å². The Hall–Kier alpha value is -3.49. The van der Waals surface area contributed by atoms with Crippen molar-refractivity contribution in [3.05, 3.63) is 70.9 Å². The number of anilines is 1. The summed E-state index contributed by atoms with van der Waals surface area (Å²) in [6.45, 7) is 1.55. The van der Waals surface area contributed by atoms with Crippen LogP contribution >= 0.6 is 0 Å². The van der Waals surface area contributed by atoms with Crippen molar-refractivity contribution >= 4 is 17.6 Å². The highest BCUT2D eigenvalue weighted by atomic mass is 19.4. The van der Waals surface area contributed by atoms with Crippen molar-refractivity contribution in [3.63, 3.8) is 0 Å². The predicted molar refractivity (Wildman–Crippen MR) is 100 cm³/mol. The number of halogens is 3. The summed E-state index contributed by atoms with van der Waals surface area (Å²) in [5, 5.41) is 7.66. The van der Waals surface area contributed by atoms with Crippen LogP contribution in [0.25, 0.3) is 0 Å². The minimum atomic E-state index is -4.53. The van der Waals surface area contributed by atoms with Gasteiger partial charge in [-0.15, -0.1) is 0 Å². The van der Waals surface area contributed by atoms with Gasteiger partial charge in [0.2, 0.25) is 0 Å². The first-order chi connectivity index (χ1) is 13.7. The second-order valence-electron chi connectivity index (χ2n) is 6.38. The molecular formula is C20H18F3N3O3. The minimum absolute atomic E-state index is 0.00795. The lowest BCUT2D eigenvalue weighted by atomic mass is 9.94. The number of ether oxygens (including phenoxy) is 1. The molecule has 0 aromatic heterocycles. The molecule has 3 amide bonds. The summed E-state index contributed by atoms with van der Waals surface area (Å²) in [6.07, 6.45) is -4.53. The lowest BCUT2D eigenvalue weighted by Crippen LogP contribution is -2.46. The average molecular weight is 405 g/mol. The van der Waals surface area contributed by atoms with Gasteiger partial charge < -0.3 is 20.7 Å². The Bertz CT molecular complexity index is 986. The number of carbonyl (C=O) groups is 2. The van der Waals surface area contributed by atoms with Crippen molar-refractivity contribution in [2.75, 3.05) is 12.4 Å². The largest absolute Gasteiger partial charge is 0.497 e. The quantitative estimate of drug-likeness (QED) is 0.720. The summed E-state index contributed by atoms with van der Waals surface area (Å²) >= 11 is 0. The van der Waals surface area contributed by atoms with E-state index in [-0.39, 0.29) is 11.3 Å². The van der Waals surface area contributed by atoms with Crippen molar-refractivity contribution in [3.8, 4) is 5.75 Å². The van der Waals surface area contributed by atoms with Gasteiger partial charge in [0.05, 0.1) is 24.3 Å². The summed E-state index contributed by atoms with van der Waals surface area (Å²) in [4.78, 5) is 24.9. The van der Waals surface area contributed by atoms with Crippen molar-refractivity contribution in [2.24, 2.45) is 0 Å². The van der Waals surface area contributed by atoms with Crippen LogP contribution in [0.3, 0.4) is 0 Å². The van der Waals surface area contributed by atoms with Crippen LogP contribution in [0, 0.1) is 0 Å². The van der Waals surface area contributed by atoms with Crippen molar-refractivity contribution in [2.45, 2.75) is 19.1 Å². The van der Waals surface area contributed by atoms with Gasteiger partial charge in [-0.2, -0.15) is 13.2 Å². The zero-order valence-electron chi connectivity index (χ0n) is 15.6. The monoisotopic (exact) mass is 405 g/mol. The third-order valence-electron chi connectivity index (χ3n) is 4.39. The van der Waals surface area contributed by atoms with Crippen LogP contribution in [0.5, 0.6) is 5.75 Å². The number of benzene rings is 2. The van der Waals surface area contributed by atoms with E-state index in [1.54, 1.807) is 31.2 Å². The van der Waals surface area contributed by atoms with Gasteiger partial charge in [-0.1, -0.05) is 18.2 Å². The molecule has 0 bridgehead atoms. The molecular weight excluding hydrogens is 387 g/mol. The molecule has 9 heteroatoms. The molecule has 0 saturated heterocycles. The van der Waals surface area contributed by atoms with Crippen LogP contribution in [-0.4, -0.2) is 19.0 Å². The number of nitrogens with one attached hydrogen (secondary N) is 3. The minimum Gasteiger partial charge on any atom is -0.497 e. The first-order valence-electron chi connectivity index (χ1n) is 8.60. The predicted octanol–water partition coefficient (Wildman–Crippen LogP) is 3.98. The van der Waals surface area contributed by atoms with Crippen LogP contribution < -0.4 is 20.7 Å². The van der Waals surface area contributed by atoms with Gasteiger partial charge in [0.25, 0.3) is 5.91 Å². The van der Waals surface area contributed by atoms with Gasteiger partial charge in [-0.05, 0) is 42.8 Å². The van der Waals surface area contributed by atoms with E-state index < -0.39 is 29.7 Å². The summed E-state index contributed by atoms with van der Waals surface area (Å²) in [7, 11) is 1.49. The summed E-state index contributed by atoms with van der Waals surface area (Å²) in [5.74, 6) is -0.104. The van der Waals surface area contributed by atoms with Crippen molar-refractivity contribution in [1.82, 2.24) is 10.6 Å². The molecule has 0 fully saturated rings. The average Bonchev–Trinajstić information content (AvgIpc) is 2.66. The molecule has 2 aromatic carbocycles. The molecule has 0 radical (unpaired) electrons. The fourth-order valence-electron chi connectivity index (χ4n) is 3.04. The third-order valence-corrected chi connectivity index (χ3v) is 4.39. The molecule has 1 aliphatic heterocycles.